The van der Waals surface area contributed by atoms with E-state index in [2.05, 4.69) is 0 Å². The first kappa shape index (κ1) is 16.2. The van der Waals surface area contributed by atoms with Crippen molar-refractivity contribution in [2.75, 3.05) is 13.7 Å². The number of ether oxygens (including phenoxy) is 1. The standard InChI is InChI=1S/C18H19FN2O3/c1-12-15-10-14(19)6-5-13(15)7-9-21(12)17(22)11-20-8-3-4-16(24-2)18(20)23/h3-6,8,10,12H,7,9,11H2,1-2H3. The van der Waals surface area contributed by atoms with Gasteiger partial charge in [-0.05, 0) is 48.7 Å². The Hall–Kier alpha value is -2.63. The number of carbonyl (C=O) groups excluding carboxylic acids is 1. The Morgan fingerprint density at radius 3 is 2.92 bits per heavy atom. The lowest BCUT2D eigenvalue weighted by atomic mass is 9.93. The molecular weight excluding hydrogens is 311 g/mol. The van der Waals surface area contributed by atoms with E-state index >= 15 is 0 Å². The number of carbonyl (C=O) groups is 1. The Morgan fingerprint density at radius 2 is 2.17 bits per heavy atom. The molecule has 0 radical (unpaired) electrons. The third-order valence-corrected chi connectivity index (χ3v) is 4.48. The van der Waals surface area contributed by atoms with Gasteiger partial charge in [0, 0.05) is 12.7 Å². The maximum absolute atomic E-state index is 13.5. The zero-order chi connectivity index (χ0) is 17.3. The smallest absolute Gasteiger partial charge is 0.293 e. The molecule has 1 atom stereocenters. The molecule has 1 unspecified atom stereocenters. The maximum Gasteiger partial charge on any atom is 0.293 e. The summed E-state index contributed by atoms with van der Waals surface area (Å²) >= 11 is 0. The minimum Gasteiger partial charge on any atom is -0.491 e. The first-order chi connectivity index (χ1) is 11.5. The summed E-state index contributed by atoms with van der Waals surface area (Å²) < 4.78 is 19.8. The highest BCUT2D eigenvalue weighted by molar-refractivity contribution is 5.77. The van der Waals surface area contributed by atoms with Gasteiger partial charge in [-0.2, -0.15) is 0 Å². The molecule has 2 heterocycles. The van der Waals surface area contributed by atoms with Gasteiger partial charge in [0.15, 0.2) is 5.75 Å². The summed E-state index contributed by atoms with van der Waals surface area (Å²) in [5, 5.41) is 0. The van der Waals surface area contributed by atoms with Crippen LogP contribution in [-0.4, -0.2) is 29.0 Å². The van der Waals surface area contributed by atoms with Gasteiger partial charge in [0.2, 0.25) is 5.91 Å². The predicted octanol–water partition coefficient (Wildman–Crippen LogP) is 2.14. The lowest BCUT2D eigenvalue weighted by Gasteiger charge is -2.35. The fraction of sp³-hybridized carbons (Fsp3) is 0.333. The number of benzene rings is 1. The van der Waals surface area contributed by atoms with Gasteiger partial charge in [0.25, 0.3) is 5.56 Å². The quantitative estimate of drug-likeness (QED) is 0.866. The third-order valence-electron chi connectivity index (χ3n) is 4.48. The summed E-state index contributed by atoms with van der Waals surface area (Å²) in [6.45, 7) is 2.37. The summed E-state index contributed by atoms with van der Waals surface area (Å²) in [5.74, 6) is -0.281. The maximum atomic E-state index is 13.5. The molecule has 0 aliphatic carbocycles. The lowest BCUT2D eigenvalue weighted by Crippen LogP contribution is -2.42. The van der Waals surface area contributed by atoms with E-state index < -0.39 is 0 Å². The Labute approximate surface area is 139 Å². The molecule has 1 aliphatic rings. The van der Waals surface area contributed by atoms with Gasteiger partial charge in [0.05, 0.1) is 13.2 Å². The molecule has 0 saturated heterocycles. The van der Waals surface area contributed by atoms with Crippen molar-refractivity contribution in [1.29, 1.82) is 0 Å². The molecule has 1 aromatic carbocycles. The van der Waals surface area contributed by atoms with Crippen LogP contribution in [0.25, 0.3) is 0 Å². The molecule has 126 valence electrons. The molecular formula is C18H19FN2O3. The van der Waals surface area contributed by atoms with Crippen LogP contribution in [0, 0.1) is 5.82 Å². The van der Waals surface area contributed by atoms with E-state index in [0.29, 0.717) is 13.0 Å². The molecule has 0 saturated carbocycles. The first-order valence-corrected chi connectivity index (χ1v) is 7.82. The van der Waals surface area contributed by atoms with Crippen LogP contribution in [-0.2, 0) is 17.8 Å². The van der Waals surface area contributed by atoms with E-state index in [4.69, 9.17) is 4.74 Å². The highest BCUT2D eigenvalue weighted by atomic mass is 19.1. The summed E-state index contributed by atoms with van der Waals surface area (Å²) in [7, 11) is 1.42. The predicted molar refractivity (Wildman–Crippen MR) is 87.5 cm³/mol. The minimum absolute atomic E-state index is 0.0645. The van der Waals surface area contributed by atoms with Gasteiger partial charge in [-0.3, -0.25) is 9.59 Å². The number of aromatic nitrogens is 1. The molecule has 5 nitrogen and oxygen atoms in total. The average molecular weight is 330 g/mol. The monoisotopic (exact) mass is 330 g/mol. The van der Waals surface area contributed by atoms with Crippen molar-refractivity contribution in [1.82, 2.24) is 9.47 Å². The zero-order valence-corrected chi connectivity index (χ0v) is 13.7. The summed E-state index contributed by atoms with van der Waals surface area (Å²) in [6.07, 6.45) is 2.24. The third kappa shape index (κ3) is 2.91. The number of hydrogen-bond donors (Lipinski definition) is 0. The van der Waals surface area contributed by atoms with Crippen LogP contribution in [0.2, 0.25) is 0 Å². The molecule has 1 aromatic heterocycles. The molecule has 24 heavy (non-hydrogen) atoms. The average Bonchev–Trinajstić information content (AvgIpc) is 2.57. The van der Waals surface area contributed by atoms with Crippen molar-refractivity contribution >= 4 is 5.91 Å². The Balaban J connectivity index is 1.83. The molecule has 6 heteroatoms. The van der Waals surface area contributed by atoms with E-state index in [0.717, 1.165) is 11.1 Å². The topological polar surface area (TPSA) is 51.5 Å². The van der Waals surface area contributed by atoms with Gasteiger partial charge < -0.3 is 14.2 Å². The number of rotatable bonds is 3. The van der Waals surface area contributed by atoms with Gasteiger partial charge in [-0.15, -0.1) is 0 Å². The summed E-state index contributed by atoms with van der Waals surface area (Å²) in [5.41, 5.74) is 1.54. The van der Waals surface area contributed by atoms with Crippen molar-refractivity contribution in [3.63, 3.8) is 0 Å². The van der Waals surface area contributed by atoms with Crippen LogP contribution < -0.4 is 10.3 Å². The number of amides is 1. The number of pyridine rings is 1. The fourth-order valence-electron chi connectivity index (χ4n) is 3.16. The van der Waals surface area contributed by atoms with E-state index in [1.807, 2.05) is 6.92 Å². The van der Waals surface area contributed by atoms with E-state index in [9.17, 15) is 14.0 Å². The van der Waals surface area contributed by atoms with E-state index in [1.54, 1.807) is 29.3 Å². The van der Waals surface area contributed by atoms with Crippen molar-refractivity contribution in [2.45, 2.75) is 25.9 Å². The van der Waals surface area contributed by atoms with Crippen molar-refractivity contribution in [3.05, 3.63) is 63.8 Å². The van der Waals surface area contributed by atoms with Crippen LogP contribution in [0.3, 0.4) is 0 Å². The second-order valence-electron chi connectivity index (χ2n) is 5.87. The SMILES string of the molecule is COc1cccn(CC(=O)N2CCc3ccc(F)cc3C2C)c1=O. The number of halogens is 1. The molecule has 1 amide bonds. The van der Waals surface area contributed by atoms with Crippen LogP contribution in [0.1, 0.15) is 24.1 Å². The normalized spacial score (nSPS) is 16.6. The second kappa shape index (κ2) is 6.47. The number of fused-ring (bicyclic) bond motifs is 1. The van der Waals surface area contributed by atoms with E-state index in [-0.39, 0.29) is 35.6 Å². The van der Waals surface area contributed by atoms with Crippen LogP contribution in [0.15, 0.2) is 41.3 Å². The molecule has 0 spiro atoms. The van der Waals surface area contributed by atoms with Crippen LogP contribution >= 0.6 is 0 Å². The summed E-state index contributed by atoms with van der Waals surface area (Å²) in [4.78, 5) is 26.5. The van der Waals surface area contributed by atoms with Crippen molar-refractivity contribution in [3.8, 4) is 5.75 Å². The fourth-order valence-corrected chi connectivity index (χ4v) is 3.16. The van der Waals surface area contributed by atoms with Gasteiger partial charge in [-0.25, -0.2) is 4.39 Å². The van der Waals surface area contributed by atoms with Crippen LogP contribution in [0.5, 0.6) is 5.75 Å². The van der Waals surface area contributed by atoms with Gasteiger partial charge in [0.1, 0.15) is 12.4 Å². The molecule has 2 aromatic rings. The minimum atomic E-state index is -0.343. The number of hydrogen-bond acceptors (Lipinski definition) is 3. The molecule has 1 aliphatic heterocycles. The Bertz CT molecular complexity index is 831. The Morgan fingerprint density at radius 1 is 1.38 bits per heavy atom. The largest absolute Gasteiger partial charge is 0.491 e. The van der Waals surface area contributed by atoms with Crippen molar-refractivity contribution < 1.29 is 13.9 Å². The number of methoxy groups -OCH3 is 1. The van der Waals surface area contributed by atoms with Gasteiger partial charge >= 0.3 is 0 Å². The first-order valence-electron chi connectivity index (χ1n) is 7.82. The zero-order valence-electron chi connectivity index (χ0n) is 13.7. The highest BCUT2D eigenvalue weighted by Crippen LogP contribution is 2.30. The second-order valence-corrected chi connectivity index (χ2v) is 5.87. The molecule has 0 N–H and O–H groups in total. The molecule has 3 rings (SSSR count). The molecule has 0 bridgehead atoms. The van der Waals surface area contributed by atoms with Crippen molar-refractivity contribution in [2.24, 2.45) is 0 Å². The highest BCUT2D eigenvalue weighted by Gasteiger charge is 2.28. The summed E-state index contributed by atoms with van der Waals surface area (Å²) in [6, 6.07) is 7.70. The van der Waals surface area contributed by atoms with Crippen LogP contribution in [0.4, 0.5) is 4.39 Å². The Kier molecular flexibility index (Phi) is 4.38. The molecule has 0 fully saturated rings. The lowest BCUT2D eigenvalue weighted by molar-refractivity contribution is -0.134. The van der Waals surface area contributed by atoms with Gasteiger partial charge in [-0.1, -0.05) is 6.07 Å². The van der Waals surface area contributed by atoms with E-state index in [1.165, 1.54) is 23.8 Å². The number of nitrogens with zero attached hydrogens (tertiary/aromatic N) is 2.